The van der Waals surface area contributed by atoms with Gasteiger partial charge < -0.3 is 5.11 Å². The highest BCUT2D eigenvalue weighted by Crippen LogP contribution is 2.38. The lowest BCUT2D eigenvalue weighted by molar-refractivity contribution is -0.0215. The molecule has 1 aliphatic rings. The summed E-state index contributed by atoms with van der Waals surface area (Å²) in [5.41, 5.74) is 1.87. The van der Waals surface area contributed by atoms with Crippen LogP contribution in [-0.4, -0.2) is 15.3 Å². The Morgan fingerprint density at radius 2 is 1.78 bits per heavy atom. The van der Waals surface area contributed by atoms with Gasteiger partial charge in [-0.05, 0) is 43.2 Å². The van der Waals surface area contributed by atoms with Crippen molar-refractivity contribution in [3.63, 3.8) is 0 Å². The zero-order valence-electron chi connectivity index (χ0n) is 11.8. The Morgan fingerprint density at radius 1 is 1.17 bits per heavy atom. The second kappa shape index (κ2) is 6.03. The van der Waals surface area contributed by atoms with Crippen LogP contribution in [0.3, 0.4) is 0 Å². The topological polar surface area (TPSA) is 20.2 Å². The molecule has 0 aromatic heterocycles. The van der Waals surface area contributed by atoms with Crippen LogP contribution in [-0.2, 0) is 12.0 Å². The maximum absolute atomic E-state index is 10.8. The Kier molecular flexibility index (Phi) is 4.63. The minimum absolute atomic E-state index is 0.440. The summed E-state index contributed by atoms with van der Waals surface area (Å²) < 4.78 is 0. The van der Waals surface area contributed by atoms with Crippen LogP contribution >= 0.6 is 0 Å². The Labute approximate surface area is 114 Å². The molecule has 1 fully saturated rings. The van der Waals surface area contributed by atoms with Gasteiger partial charge in [-0.3, -0.25) is 0 Å². The molecule has 0 radical (unpaired) electrons. The fraction of sp³-hybridized carbons (Fsp3) is 0.625. The lowest BCUT2D eigenvalue weighted by Gasteiger charge is -2.36. The molecule has 2 heteroatoms. The van der Waals surface area contributed by atoms with Gasteiger partial charge >= 0.3 is 0 Å². The van der Waals surface area contributed by atoms with Gasteiger partial charge in [-0.1, -0.05) is 49.6 Å². The molecule has 1 saturated carbocycles. The van der Waals surface area contributed by atoms with Crippen LogP contribution in [0, 0.1) is 5.92 Å². The maximum Gasteiger partial charge on any atom is 0.0896 e. The van der Waals surface area contributed by atoms with Crippen molar-refractivity contribution in [2.45, 2.75) is 57.1 Å². The quantitative estimate of drug-likeness (QED) is 0.827. The molecule has 1 aliphatic carbocycles. The summed E-state index contributed by atoms with van der Waals surface area (Å²) >= 11 is 0. The summed E-state index contributed by atoms with van der Waals surface area (Å²) in [6.07, 6.45) is 7.44. The van der Waals surface area contributed by atoms with Gasteiger partial charge in [0.15, 0.2) is 0 Å². The van der Waals surface area contributed by atoms with E-state index in [0.29, 0.717) is 5.92 Å². The number of benzene rings is 1. The van der Waals surface area contributed by atoms with Crippen molar-refractivity contribution < 1.29 is 5.11 Å². The summed E-state index contributed by atoms with van der Waals surface area (Å²) in [6, 6.07) is 10.00. The molecule has 100 valence electrons. The van der Waals surface area contributed by atoms with E-state index in [2.05, 4.69) is 24.3 Å². The van der Waals surface area contributed by atoms with Gasteiger partial charge in [-0.25, -0.2) is 0 Å². The van der Waals surface area contributed by atoms with E-state index in [-0.39, 0.29) is 0 Å². The summed E-state index contributed by atoms with van der Waals surface area (Å²) in [4.78, 5) is 0. The molecular formula is C16H26OSi. The lowest BCUT2D eigenvalue weighted by atomic mass is 9.74. The predicted molar refractivity (Wildman–Crippen MR) is 81.0 cm³/mol. The number of hydrogen-bond donors (Lipinski definition) is 1. The number of hydrogen-bond acceptors (Lipinski definition) is 1. The van der Waals surface area contributed by atoms with Crippen LogP contribution in [0.1, 0.15) is 50.2 Å². The van der Waals surface area contributed by atoms with E-state index in [1.165, 1.54) is 60.4 Å². The van der Waals surface area contributed by atoms with Gasteiger partial charge in [-0.15, -0.1) is 0 Å². The molecule has 1 aromatic carbocycles. The maximum atomic E-state index is 10.8. The molecule has 0 aliphatic heterocycles. The van der Waals surface area contributed by atoms with Crippen molar-refractivity contribution in [2.75, 3.05) is 0 Å². The van der Waals surface area contributed by atoms with E-state index in [1.54, 1.807) is 0 Å². The zero-order chi connectivity index (χ0) is 13.0. The molecule has 1 N–H and O–H groups in total. The first-order valence-corrected chi connectivity index (χ1v) is 8.88. The van der Waals surface area contributed by atoms with Crippen LogP contribution in [0.4, 0.5) is 0 Å². The van der Waals surface area contributed by atoms with Gasteiger partial charge in [0, 0.05) is 10.2 Å². The van der Waals surface area contributed by atoms with Crippen molar-refractivity contribution in [1.29, 1.82) is 0 Å². The van der Waals surface area contributed by atoms with Crippen LogP contribution < -0.4 is 0 Å². The number of aryl methyl sites for hydroxylation is 1. The first kappa shape index (κ1) is 13.8. The molecule has 2 rings (SSSR count). The normalized spacial score (nSPS) is 20.8. The highest BCUT2D eigenvalue weighted by atomic mass is 28.1. The third-order valence-corrected chi connectivity index (χ3v) is 4.98. The van der Waals surface area contributed by atoms with E-state index in [4.69, 9.17) is 0 Å². The van der Waals surface area contributed by atoms with Crippen LogP contribution in [0.25, 0.3) is 0 Å². The summed E-state index contributed by atoms with van der Waals surface area (Å²) in [5.74, 6) is 0.440. The molecule has 0 amide bonds. The second-order valence-corrected chi connectivity index (χ2v) is 6.93. The van der Waals surface area contributed by atoms with E-state index < -0.39 is 5.60 Å². The monoisotopic (exact) mass is 262 g/mol. The van der Waals surface area contributed by atoms with Gasteiger partial charge in [0.2, 0.25) is 0 Å². The average molecular weight is 262 g/mol. The summed E-state index contributed by atoms with van der Waals surface area (Å²) in [6.45, 7) is 2.00. The SMILES string of the molecule is CC(O)(c1ccc(CC[SiH3])cc1)C1CCCCC1. The third-order valence-electron chi connectivity index (χ3n) is 4.48. The largest absolute Gasteiger partial charge is 0.385 e. The third kappa shape index (κ3) is 3.04. The number of aliphatic hydroxyl groups is 1. The van der Waals surface area contributed by atoms with E-state index in [0.717, 1.165) is 5.56 Å². The van der Waals surface area contributed by atoms with E-state index in [9.17, 15) is 5.11 Å². The zero-order valence-corrected chi connectivity index (χ0v) is 13.8. The van der Waals surface area contributed by atoms with Crippen molar-refractivity contribution >= 4 is 10.2 Å². The predicted octanol–water partition coefficient (Wildman–Crippen LogP) is 2.80. The van der Waals surface area contributed by atoms with Crippen molar-refractivity contribution in [2.24, 2.45) is 5.92 Å². The molecule has 1 nitrogen and oxygen atoms in total. The molecular weight excluding hydrogens is 236 g/mol. The van der Waals surface area contributed by atoms with Crippen molar-refractivity contribution in [3.8, 4) is 0 Å². The van der Waals surface area contributed by atoms with E-state index >= 15 is 0 Å². The molecule has 0 saturated heterocycles. The van der Waals surface area contributed by atoms with Crippen molar-refractivity contribution in [3.05, 3.63) is 35.4 Å². The van der Waals surface area contributed by atoms with Crippen LogP contribution in [0.5, 0.6) is 0 Å². The number of rotatable bonds is 4. The van der Waals surface area contributed by atoms with Gasteiger partial charge in [0.05, 0.1) is 5.60 Å². The second-order valence-electron chi connectivity index (χ2n) is 5.93. The molecule has 0 bridgehead atoms. The van der Waals surface area contributed by atoms with Gasteiger partial charge in [0.25, 0.3) is 0 Å². The lowest BCUT2D eigenvalue weighted by Crippen LogP contribution is -2.33. The van der Waals surface area contributed by atoms with Gasteiger partial charge in [-0.2, -0.15) is 0 Å². The van der Waals surface area contributed by atoms with Crippen molar-refractivity contribution in [1.82, 2.24) is 0 Å². The smallest absolute Gasteiger partial charge is 0.0896 e. The van der Waals surface area contributed by atoms with E-state index in [1.807, 2.05) is 6.92 Å². The fourth-order valence-electron chi connectivity index (χ4n) is 3.20. The Bertz CT molecular complexity index is 363. The first-order valence-electron chi connectivity index (χ1n) is 7.46. The minimum atomic E-state index is -0.639. The highest BCUT2D eigenvalue weighted by Gasteiger charge is 2.34. The molecule has 0 heterocycles. The first-order chi connectivity index (χ1) is 8.64. The Hall–Kier alpha value is -0.603. The fourth-order valence-corrected chi connectivity index (χ4v) is 3.78. The molecule has 0 spiro atoms. The Balaban J connectivity index is 2.12. The highest BCUT2D eigenvalue weighted by molar-refractivity contribution is 6.08. The molecule has 1 atom stereocenters. The van der Waals surface area contributed by atoms with Crippen LogP contribution in [0.2, 0.25) is 6.04 Å². The Morgan fingerprint density at radius 3 is 2.33 bits per heavy atom. The average Bonchev–Trinajstić information content (AvgIpc) is 2.41. The minimum Gasteiger partial charge on any atom is -0.385 e. The molecule has 1 aromatic rings. The van der Waals surface area contributed by atoms with Gasteiger partial charge in [0.1, 0.15) is 0 Å². The van der Waals surface area contributed by atoms with Crippen LogP contribution in [0.15, 0.2) is 24.3 Å². The summed E-state index contributed by atoms with van der Waals surface area (Å²) in [7, 11) is 1.27. The standard InChI is InChI=1S/C16H26OSi/c1-16(17,14-5-3-2-4-6-14)15-9-7-13(8-10-15)11-12-18/h7-10,14,17H,2-6,11-12H2,1,18H3. The summed E-state index contributed by atoms with van der Waals surface area (Å²) in [5, 5.41) is 10.8. The molecule has 18 heavy (non-hydrogen) atoms. The molecule has 1 unspecified atom stereocenters.